The SMILES string of the molecule is COC(Cc1ccc2c(ccn2C)c1)C(=O)O. The van der Waals surface area contributed by atoms with E-state index >= 15 is 0 Å². The molecule has 90 valence electrons. The van der Waals surface area contributed by atoms with Crippen LogP contribution in [-0.4, -0.2) is 28.9 Å². The molecule has 4 heteroatoms. The molecule has 0 fully saturated rings. The number of carbonyl (C=O) groups is 1. The van der Waals surface area contributed by atoms with Crippen LogP contribution in [0.1, 0.15) is 5.56 Å². The van der Waals surface area contributed by atoms with Crippen molar-refractivity contribution >= 4 is 16.9 Å². The summed E-state index contributed by atoms with van der Waals surface area (Å²) in [5.41, 5.74) is 2.11. The molecule has 0 aliphatic rings. The molecular weight excluding hydrogens is 218 g/mol. The molecule has 0 aliphatic carbocycles. The molecule has 1 heterocycles. The highest BCUT2D eigenvalue weighted by Crippen LogP contribution is 2.18. The first-order valence-electron chi connectivity index (χ1n) is 5.41. The summed E-state index contributed by atoms with van der Waals surface area (Å²) >= 11 is 0. The molecule has 1 unspecified atom stereocenters. The summed E-state index contributed by atoms with van der Waals surface area (Å²) in [6, 6.07) is 7.96. The number of ether oxygens (including phenoxy) is 1. The topological polar surface area (TPSA) is 51.5 Å². The Bertz CT molecular complexity index is 545. The van der Waals surface area contributed by atoms with E-state index in [1.54, 1.807) is 0 Å². The van der Waals surface area contributed by atoms with Gasteiger partial charge in [0.05, 0.1) is 0 Å². The van der Waals surface area contributed by atoms with E-state index in [4.69, 9.17) is 9.84 Å². The molecule has 0 radical (unpaired) electrons. The Balaban J connectivity index is 2.27. The van der Waals surface area contributed by atoms with Gasteiger partial charge in [0.1, 0.15) is 0 Å². The van der Waals surface area contributed by atoms with Crippen LogP contribution in [-0.2, 0) is 23.0 Å². The van der Waals surface area contributed by atoms with Gasteiger partial charge >= 0.3 is 5.97 Å². The lowest BCUT2D eigenvalue weighted by Crippen LogP contribution is -2.24. The molecule has 2 aromatic rings. The zero-order valence-corrected chi connectivity index (χ0v) is 9.88. The summed E-state index contributed by atoms with van der Waals surface area (Å²) in [5.74, 6) is -0.930. The van der Waals surface area contributed by atoms with E-state index in [-0.39, 0.29) is 0 Å². The molecule has 1 N–H and O–H groups in total. The van der Waals surface area contributed by atoms with E-state index < -0.39 is 12.1 Å². The number of fused-ring (bicyclic) bond motifs is 1. The number of methoxy groups -OCH3 is 1. The summed E-state index contributed by atoms with van der Waals surface area (Å²) in [5, 5.41) is 10.0. The number of aromatic nitrogens is 1. The van der Waals surface area contributed by atoms with Crippen molar-refractivity contribution in [2.24, 2.45) is 7.05 Å². The Hall–Kier alpha value is -1.81. The van der Waals surface area contributed by atoms with Gasteiger partial charge in [-0.25, -0.2) is 4.79 Å². The first-order chi connectivity index (χ1) is 8.11. The van der Waals surface area contributed by atoms with Crippen molar-refractivity contribution < 1.29 is 14.6 Å². The minimum Gasteiger partial charge on any atom is -0.479 e. The lowest BCUT2D eigenvalue weighted by Gasteiger charge is -2.10. The van der Waals surface area contributed by atoms with Gasteiger partial charge in [0.25, 0.3) is 0 Å². The molecule has 0 amide bonds. The molecule has 0 spiro atoms. The second kappa shape index (κ2) is 4.59. The molecule has 17 heavy (non-hydrogen) atoms. The average molecular weight is 233 g/mol. The van der Waals surface area contributed by atoms with E-state index in [0.717, 1.165) is 16.5 Å². The van der Waals surface area contributed by atoms with Crippen LogP contribution >= 0.6 is 0 Å². The molecule has 0 bridgehead atoms. The van der Waals surface area contributed by atoms with Gasteiger partial charge in [-0.3, -0.25) is 0 Å². The summed E-state index contributed by atoms with van der Waals surface area (Å²) in [6.45, 7) is 0. The van der Waals surface area contributed by atoms with Crippen LogP contribution in [0.2, 0.25) is 0 Å². The third-order valence-corrected chi connectivity index (χ3v) is 2.93. The molecule has 2 rings (SSSR count). The quantitative estimate of drug-likeness (QED) is 0.876. The maximum Gasteiger partial charge on any atom is 0.333 e. The monoisotopic (exact) mass is 233 g/mol. The molecule has 0 saturated heterocycles. The molecule has 0 saturated carbocycles. The molecular formula is C13H15NO3. The molecule has 1 atom stereocenters. The zero-order valence-electron chi connectivity index (χ0n) is 9.88. The van der Waals surface area contributed by atoms with E-state index in [9.17, 15) is 4.79 Å². The lowest BCUT2D eigenvalue weighted by atomic mass is 10.1. The van der Waals surface area contributed by atoms with E-state index in [1.807, 2.05) is 42.1 Å². The Kier molecular flexibility index (Phi) is 3.15. The van der Waals surface area contributed by atoms with Gasteiger partial charge in [-0.1, -0.05) is 6.07 Å². The number of nitrogens with zero attached hydrogens (tertiary/aromatic N) is 1. The van der Waals surface area contributed by atoms with Gasteiger partial charge in [-0.2, -0.15) is 0 Å². The van der Waals surface area contributed by atoms with Crippen molar-refractivity contribution in [2.75, 3.05) is 7.11 Å². The number of rotatable bonds is 4. The Morgan fingerprint density at radius 3 is 2.88 bits per heavy atom. The maximum absolute atomic E-state index is 10.9. The smallest absolute Gasteiger partial charge is 0.333 e. The van der Waals surface area contributed by atoms with Crippen molar-refractivity contribution in [1.82, 2.24) is 4.57 Å². The number of carboxylic acids is 1. The Morgan fingerprint density at radius 1 is 1.47 bits per heavy atom. The van der Waals surface area contributed by atoms with Gasteiger partial charge < -0.3 is 14.4 Å². The highest BCUT2D eigenvalue weighted by Gasteiger charge is 2.16. The van der Waals surface area contributed by atoms with Gasteiger partial charge in [-0.15, -0.1) is 0 Å². The minimum atomic E-state index is -0.930. The van der Waals surface area contributed by atoms with Crippen molar-refractivity contribution in [3.05, 3.63) is 36.0 Å². The van der Waals surface area contributed by atoms with Crippen LogP contribution in [0.3, 0.4) is 0 Å². The van der Waals surface area contributed by atoms with Crippen molar-refractivity contribution in [2.45, 2.75) is 12.5 Å². The van der Waals surface area contributed by atoms with Crippen LogP contribution in [0, 0.1) is 0 Å². The average Bonchev–Trinajstić information content (AvgIpc) is 2.67. The summed E-state index contributed by atoms with van der Waals surface area (Å²) in [4.78, 5) is 10.9. The van der Waals surface area contributed by atoms with Crippen LogP contribution in [0.15, 0.2) is 30.5 Å². The number of aryl methyl sites for hydroxylation is 1. The number of carboxylic acid groups (broad SMARTS) is 1. The standard InChI is InChI=1S/C13H15NO3/c1-14-6-5-10-7-9(3-4-11(10)14)8-12(17-2)13(15)16/h3-7,12H,8H2,1-2H3,(H,15,16). The minimum absolute atomic E-state index is 0.386. The Morgan fingerprint density at radius 2 is 2.24 bits per heavy atom. The van der Waals surface area contributed by atoms with E-state index in [1.165, 1.54) is 7.11 Å². The second-order valence-corrected chi connectivity index (χ2v) is 4.09. The summed E-state index contributed by atoms with van der Waals surface area (Å²) in [6.07, 6.45) is 1.59. The first kappa shape index (κ1) is 11.7. The second-order valence-electron chi connectivity index (χ2n) is 4.09. The molecule has 4 nitrogen and oxygen atoms in total. The van der Waals surface area contributed by atoms with Crippen molar-refractivity contribution in [3.63, 3.8) is 0 Å². The summed E-state index contributed by atoms with van der Waals surface area (Å²) in [7, 11) is 3.40. The van der Waals surface area contributed by atoms with Crippen molar-refractivity contribution in [1.29, 1.82) is 0 Å². The van der Waals surface area contributed by atoms with Crippen molar-refractivity contribution in [3.8, 4) is 0 Å². The predicted octanol–water partition coefficient (Wildman–Crippen LogP) is 1.82. The predicted molar refractivity (Wildman–Crippen MR) is 65.1 cm³/mol. The maximum atomic E-state index is 10.9. The molecule has 1 aromatic heterocycles. The third-order valence-electron chi connectivity index (χ3n) is 2.93. The van der Waals surface area contributed by atoms with Gasteiger partial charge in [0, 0.05) is 32.3 Å². The van der Waals surface area contributed by atoms with Crippen LogP contribution < -0.4 is 0 Å². The summed E-state index contributed by atoms with van der Waals surface area (Å²) < 4.78 is 6.96. The number of benzene rings is 1. The van der Waals surface area contributed by atoms with E-state index in [0.29, 0.717) is 6.42 Å². The number of hydrogen-bond acceptors (Lipinski definition) is 2. The fraction of sp³-hybridized carbons (Fsp3) is 0.308. The fourth-order valence-electron chi connectivity index (χ4n) is 1.94. The highest BCUT2D eigenvalue weighted by molar-refractivity contribution is 5.81. The number of aliphatic carboxylic acids is 1. The van der Waals surface area contributed by atoms with Crippen LogP contribution in [0.4, 0.5) is 0 Å². The largest absolute Gasteiger partial charge is 0.479 e. The normalized spacial score (nSPS) is 12.8. The lowest BCUT2D eigenvalue weighted by molar-refractivity contribution is -0.148. The van der Waals surface area contributed by atoms with Crippen LogP contribution in [0.5, 0.6) is 0 Å². The van der Waals surface area contributed by atoms with E-state index in [2.05, 4.69) is 0 Å². The van der Waals surface area contributed by atoms with Gasteiger partial charge in [0.15, 0.2) is 6.10 Å². The van der Waals surface area contributed by atoms with Gasteiger partial charge in [0.2, 0.25) is 0 Å². The fourth-order valence-corrected chi connectivity index (χ4v) is 1.94. The van der Waals surface area contributed by atoms with Gasteiger partial charge in [-0.05, 0) is 29.1 Å². The third kappa shape index (κ3) is 2.31. The first-order valence-corrected chi connectivity index (χ1v) is 5.41. The van der Waals surface area contributed by atoms with Crippen LogP contribution in [0.25, 0.3) is 10.9 Å². The molecule has 1 aromatic carbocycles. The molecule has 0 aliphatic heterocycles. The zero-order chi connectivity index (χ0) is 12.4. The highest BCUT2D eigenvalue weighted by atomic mass is 16.5. The number of hydrogen-bond donors (Lipinski definition) is 1. The Labute approximate surface area is 99.4 Å².